The number of carbonyl (C=O) groups is 2. The summed E-state index contributed by atoms with van der Waals surface area (Å²) >= 11 is 0. The summed E-state index contributed by atoms with van der Waals surface area (Å²) < 4.78 is 0. The topological polar surface area (TPSA) is 99.3 Å². The number of benzene rings is 1. The van der Waals surface area contributed by atoms with E-state index in [0.717, 1.165) is 54.5 Å². The van der Waals surface area contributed by atoms with E-state index in [-0.39, 0.29) is 5.56 Å². The summed E-state index contributed by atoms with van der Waals surface area (Å²) in [5.74, 6) is -1.83. The molecular formula is C21H24N2O4. The van der Waals surface area contributed by atoms with Crippen LogP contribution in [0.5, 0.6) is 0 Å². The molecule has 6 heteroatoms. The predicted molar refractivity (Wildman–Crippen MR) is 102 cm³/mol. The lowest BCUT2D eigenvalue weighted by atomic mass is 9.97. The largest absolute Gasteiger partial charge is 0.479 e. The average Bonchev–Trinajstić information content (AvgIpc) is 2.86. The zero-order valence-electron chi connectivity index (χ0n) is 15.6. The Kier molecular flexibility index (Phi) is 5.44. The van der Waals surface area contributed by atoms with Gasteiger partial charge in [0.25, 0.3) is 11.5 Å². The number of carbonyl (C=O) groups excluding carboxylic acids is 1. The van der Waals surface area contributed by atoms with Crippen LogP contribution in [-0.4, -0.2) is 22.0 Å². The Morgan fingerprint density at radius 3 is 2.63 bits per heavy atom. The van der Waals surface area contributed by atoms with Crippen molar-refractivity contribution in [2.45, 2.75) is 52.0 Å². The Morgan fingerprint density at radius 1 is 1.15 bits per heavy atom. The lowest BCUT2D eigenvalue weighted by Gasteiger charge is -2.18. The average molecular weight is 368 g/mol. The highest BCUT2D eigenvalue weighted by molar-refractivity contribution is 5.96. The Bertz CT molecular complexity index is 946. The first kappa shape index (κ1) is 18.9. The number of hydrogen-bond donors (Lipinski definition) is 3. The van der Waals surface area contributed by atoms with Crippen molar-refractivity contribution in [3.63, 3.8) is 0 Å². The number of carboxylic acid groups (broad SMARTS) is 1. The molecule has 1 atom stereocenters. The monoisotopic (exact) mass is 368 g/mol. The van der Waals surface area contributed by atoms with E-state index in [0.29, 0.717) is 5.56 Å². The molecule has 1 heterocycles. The molecule has 0 fully saturated rings. The van der Waals surface area contributed by atoms with Crippen molar-refractivity contribution in [2.75, 3.05) is 0 Å². The molecule has 142 valence electrons. The number of nitrogens with one attached hydrogen (secondary N) is 2. The van der Waals surface area contributed by atoms with Gasteiger partial charge in [-0.2, -0.15) is 0 Å². The first-order chi connectivity index (χ1) is 12.9. The highest BCUT2D eigenvalue weighted by Crippen LogP contribution is 2.22. The second-order valence-electron chi connectivity index (χ2n) is 7.11. The fourth-order valence-electron chi connectivity index (χ4n) is 3.59. The normalized spacial score (nSPS) is 14.7. The fraction of sp³-hybridized carbons (Fsp3) is 0.381. The number of carboxylic acids is 1. The molecule has 27 heavy (non-hydrogen) atoms. The predicted octanol–water partition coefficient (Wildman–Crippen LogP) is 2.82. The van der Waals surface area contributed by atoms with Crippen molar-refractivity contribution in [3.8, 4) is 0 Å². The fourth-order valence-corrected chi connectivity index (χ4v) is 3.59. The molecule has 1 unspecified atom stereocenters. The van der Waals surface area contributed by atoms with Crippen LogP contribution in [0.4, 0.5) is 0 Å². The van der Waals surface area contributed by atoms with Crippen LogP contribution >= 0.6 is 0 Å². The highest BCUT2D eigenvalue weighted by atomic mass is 16.4. The van der Waals surface area contributed by atoms with E-state index in [4.69, 9.17) is 0 Å². The van der Waals surface area contributed by atoms with Gasteiger partial charge in [-0.15, -0.1) is 0 Å². The third-order valence-electron chi connectivity index (χ3n) is 5.31. The SMILES string of the molecule is Cc1cccc(C(NC(=O)c2cc3c([nH]c2=O)CCCCC3)C(=O)O)c1C. The molecule has 0 aliphatic heterocycles. The molecule has 1 aliphatic carbocycles. The van der Waals surface area contributed by atoms with E-state index in [2.05, 4.69) is 10.3 Å². The third kappa shape index (κ3) is 3.94. The number of H-pyrrole nitrogens is 1. The molecule has 0 saturated carbocycles. The summed E-state index contributed by atoms with van der Waals surface area (Å²) in [6, 6.07) is 5.74. The molecule has 0 bridgehead atoms. The summed E-state index contributed by atoms with van der Waals surface area (Å²) in [6.45, 7) is 3.71. The van der Waals surface area contributed by atoms with E-state index in [1.807, 2.05) is 19.9 Å². The molecular weight excluding hydrogens is 344 g/mol. The van der Waals surface area contributed by atoms with Crippen molar-refractivity contribution in [1.82, 2.24) is 10.3 Å². The quantitative estimate of drug-likeness (QED) is 0.723. The van der Waals surface area contributed by atoms with Crippen LogP contribution in [0.15, 0.2) is 29.1 Å². The van der Waals surface area contributed by atoms with Gasteiger partial charge < -0.3 is 15.4 Å². The Hall–Kier alpha value is -2.89. The number of rotatable bonds is 4. The lowest BCUT2D eigenvalue weighted by molar-refractivity contribution is -0.139. The van der Waals surface area contributed by atoms with E-state index in [1.54, 1.807) is 18.2 Å². The molecule has 1 aromatic heterocycles. The van der Waals surface area contributed by atoms with E-state index in [9.17, 15) is 19.5 Å². The summed E-state index contributed by atoms with van der Waals surface area (Å²) in [4.78, 5) is 39.7. The molecule has 0 radical (unpaired) electrons. The summed E-state index contributed by atoms with van der Waals surface area (Å²) in [6.07, 6.45) is 4.73. The molecule has 3 N–H and O–H groups in total. The van der Waals surface area contributed by atoms with Gasteiger partial charge in [0.1, 0.15) is 5.56 Å². The number of aromatic nitrogens is 1. The van der Waals surface area contributed by atoms with Crippen LogP contribution in [0.2, 0.25) is 0 Å². The minimum absolute atomic E-state index is 0.0350. The van der Waals surface area contributed by atoms with Gasteiger partial charge in [-0.3, -0.25) is 9.59 Å². The maximum Gasteiger partial charge on any atom is 0.330 e. The number of aliphatic carboxylic acids is 1. The first-order valence-electron chi connectivity index (χ1n) is 9.23. The van der Waals surface area contributed by atoms with Gasteiger partial charge in [0.2, 0.25) is 0 Å². The maximum atomic E-state index is 12.7. The van der Waals surface area contributed by atoms with Crippen LogP contribution in [0.1, 0.15) is 63.6 Å². The Morgan fingerprint density at radius 2 is 1.89 bits per heavy atom. The summed E-state index contributed by atoms with van der Waals surface area (Å²) in [5.41, 5.74) is 3.61. The Labute approximate surface area is 157 Å². The summed E-state index contributed by atoms with van der Waals surface area (Å²) in [5, 5.41) is 12.2. The van der Waals surface area contributed by atoms with Gasteiger partial charge in [0.15, 0.2) is 6.04 Å². The molecule has 1 aromatic carbocycles. The zero-order chi connectivity index (χ0) is 19.6. The van der Waals surface area contributed by atoms with E-state index < -0.39 is 23.5 Å². The molecule has 6 nitrogen and oxygen atoms in total. The number of aryl methyl sites for hydroxylation is 3. The van der Waals surface area contributed by atoms with Gasteiger partial charge in [-0.1, -0.05) is 24.6 Å². The molecule has 3 rings (SSSR count). The summed E-state index contributed by atoms with van der Waals surface area (Å²) in [7, 11) is 0. The van der Waals surface area contributed by atoms with Crippen LogP contribution in [0.25, 0.3) is 0 Å². The molecule has 0 saturated heterocycles. The molecule has 0 spiro atoms. The second kappa shape index (κ2) is 7.78. The van der Waals surface area contributed by atoms with Crippen molar-refractivity contribution in [1.29, 1.82) is 0 Å². The van der Waals surface area contributed by atoms with Gasteiger partial charge in [0, 0.05) is 5.69 Å². The highest BCUT2D eigenvalue weighted by Gasteiger charge is 2.26. The smallest absolute Gasteiger partial charge is 0.330 e. The lowest BCUT2D eigenvalue weighted by Crippen LogP contribution is -2.37. The standard InChI is InChI=1S/C21H24N2O4/c1-12-7-6-9-15(13(12)2)18(21(26)27)23-20(25)16-11-14-8-4-3-5-10-17(14)22-19(16)24/h6-7,9,11,18H,3-5,8,10H2,1-2H3,(H,22,24)(H,23,25)(H,26,27). The second-order valence-corrected chi connectivity index (χ2v) is 7.11. The van der Waals surface area contributed by atoms with Crippen LogP contribution in [0, 0.1) is 13.8 Å². The Balaban J connectivity index is 1.93. The van der Waals surface area contributed by atoms with Crippen LogP contribution < -0.4 is 10.9 Å². The van der Waals surface area contributed by atoms with Crippen LogP contribution in [-0.2, 0) is 17.6 Å². The number of hydrogen-bond acceptors (Lipinski definition) is 3. The zero-order valence-corrected chi connectivity index (χ0v) is 15.6. The first-order valence-corrected chi connectivity index (χ1v) is 9.23. The number of pyridine rings is 1. The molecule has 1 aliphatic rings. The molecule has 1 amide bonds. The van der Waals surface area contributed by atoms with E-state index in [1.165, 1.54) is 0 Å². The van der Waals surface area contributed by atoms with Gasteiger partial charge in [0.05, 0.1) is 0 Å². The van der Waals surface area contributed by atoms with Gasteiger partial charge >= 0.3 is 5.97 Å². The van der Waals surface area contributed by atoms with E-state index >= 15 is 0 Å². The van der Waals surface area contributed by atoms with Crippen molar-refractivity contribution >= 4 is 11.9 Å². The molecule has 2 aromatic rings. The number of fused-ring (bicyclic) bond motifs is 1. The maximum absolute atomic E-state index is 12.7. The van der Waals surface area contributed by atoms with Gasteiger partial charge in [-0.05, 0) is 67.9 Å². The number of aromatic amines is 1. The third-order valence-corrected chi connectivity index (χ3v) is 5.31. The van der Waals surface area contributed by atoms with Crippen molar-refractivity contribution in [2.24, 2.45) is 0 Å². The van der Waals surface area contributed by atoms with Crippen LogP contribution in [0.3, 0.4) is 0 Å². The van der Waals surface area contributed by atoms with Crippen molar-refractivity contribution < 1.29 is 14.7 Å². The van der Waals surface area contributed by atoms with Gasteiger partial charge in [-0.25, -0.2) is 4.79 Å². The van der Waals surface area contributed by atoms with Crippen molar-refractivity contribution in [3.05, 3.63) is 68.1 Å². The minimum atomic E-state index is -1.21. The number of amides is 1. The minimum Gasteiger partial charge on any atom is -0.479 e.